The molecule has 0 fully saturated rings. The topological polar surface area (TPSA) is 101 Å². The summed E-state index contributed by atoms with van der Waals surface area (Å²) in [4.78, 5) is 15.6. The van der Waals surface area contributed by atoms with E-state index < -0.39 is 0 Å². The van der Waals surface area contributed by atoms with Crippen LogP contribution in [0.3, 0.4) is 0 Å². The second-order valence-electron chi connectivity index (χ2n) is 3.92. The highest BCUT2D eigenvalue weighted by atomic mass is 16.5. The molecule has 0 spiro atoms. The van der Waals surface area contributed by atoms with Gasteiger partial charge >= 0.3 is 0 Å². The van der Waals surface area contributed by atoms with E-state index in [1.807, 2.05) is 13.8 Å². The Labute approximate surface area is 109 Å². The maximum Gasteiger partial charge on any atom is 0.221 e. The number of hydrazine groups is 1. The molecular formula is C11H25N5O2. The number of nitrogens with zero attached hydrogens (tertiary/aromatic N) is 1. The Morgan fingerprint density at radius 3 is 2.78 bits per heavy atom. The number of nitrogens with one attached hydrogen (secondary N) is 3. The van der Waals surface area contributed by atoms with Gasteiger partial charge in [-0.25, -0.2) is 10.8 Å². The number of ether oxygens (including phenoxy) is 1. The maximum atomic E-state index is 11.5. The van der Waals surface area contributed by atoms with Crippen molar-refractivity contribution in [1.29, 1.82) is 0 Å². The van der Waals surface area contributed by atoms with Gasteiger partial charge in [-0.1, -0.05) is 6.92 Å². The molecule has 0 rings (SSSR count). The van der Waals surface area contributed by atoms with E-state index in [1.165, 1.54) is 0 Å². The average molecular weight is 259 g/mol. The van der Waals surface area contributed by atoms with Crippen LogP contribution in [0, 0.1) is 0 Å². The lowest BCUT2D eigenvalue weighted by Gasteiger charge is -2.12. The van der Waals surface area contributed by atoms with Crippen molar-refractivity contribution >= 4 is 11.9 Å². The first-order chi connectivity index (χ1) is 8.63. The summed E-state index contributed by atoms with van der Waals surface area (Å²) in [5.41, 5.74) is 2.44. The van der Waals surface area contributed by atoms with Crippen LogP contribution in [0.4, 0.5) is 0 Å². The molecule has 0 heterocycles. The summed E-state index contributed by atoms with van der Waals surface area (Å²) in [7, 11) is 1.61. The smallest absolute Gasteiger partial charge is 0.221 e. The molecule has 1 atom stereocenters. The molecule has 7 nitrogen and oxygen atoms in total. The minimum absolute atomic E-state index is 0.0186. The standard InChI is InChI=1S/C11H25N5O2/c1-4-9(2)15-10(17)5-6-13-11(16-12)14-7-8-18-3/h9H,4-8,12H2,1-3H3,(H,15,17)(H2,13,14,16). The number of carbonyl (C=O) groups excluding carboxylic acids is 1. The number of rotatable bonds is 8. The van der Waals surface area contributed by atoms with Crippen LogP contribution in [-0.4, -0.2) is 44.7 Å². The Hall–Kier alpha value is -1.34. The van der Waals surface area contributed by atoms with Crippen molar-refractivity contribution in [3.8, 4) is 0 Å². The van der Waals surface area contributed by atoms with Crippen LogP contribution in [0.2, 0.25) is 0 Å². The zero-order valence-electron chi connectivity index (χ0n) is 11.5. The molecule has 106 valence electrons. The Morgan fingerprint density at radius 2 is 2.22 bits per heavy atom. The van der Waals surface area contributed by atoms with Gasteiger partial charge in [0.2, 0.25) is 11.9 Å². The van der Waals surface area contributed by atoms with E-state index in [0.29, 0.717) is 32.1 Å². The van der Waals surface area contributed by atoms with E-state index in [-0.39, 0.29) is 11.9 Å². The highest BCUT2D eigenvalue weighted by Crippen LogP contribution is 1.89. The largest absolute Gasteiger partial charge is 0.383 e. The summed E-state index contributed by atoms with van der Waals surface area (Å²) in [5.74, 6) is 5.77. The van der Waals surface area contributed by atoms with Crippen molar-refractivity contribution in [3.05, 3.63) is 0 Å². The van der Waals surface area contributed by atoms with Gasteiger partial charge < -0.3 is 15.4 Å². The number of hydrogen-bond donors (Lipinski definition) is 4. The second kappa shape index (κ2) is 10.8. The molecule has 7 heteroatoms. The van der Waals surface area contributed by atoms with E-state index in [9.17, 15) is 4.79 Å². The van der Waals surface area contributed by atoms with E-state index >= 15 is 0 Å². The first-order valence-corrected chi connectivity index (χ1v) is 6.17. The fourth-order valence-electron chi connectivity index (χ4n) is 1.14. The van der Waals surface area contributed by atoms with Gasteiger partial charge in [-0.05, 0) is 13.3 Å². The van der Waals surface area contributed by atoms with Crippen LogP contribution in [0.15, 0.2) is 4.99 Å². The van der Waals surface area contributed by atoms with E-state index in [2.05, 4.69) is 21.1 Å². The number of guanidine groups is 1. The highest BCUT2D eigenvalue weighted by molar-refractivity contribution is 5.80. The third kappa shape index (κ3) is 8.77. The molecule has 0 aliphatic heterocycles. The summed E-state index contributed by atoms with van der Waals surface area (Å²) in [5, 5.41) is 5.83. The van der Waals surface area contributed by atoms with Crippen LogP contribution in [-0.2, 0) is 9.53 Å². The minimum atomic E-state index is 0.0186. The van der Waals surface area contributed by atoms with Crippen LogP contribution in [0.25, 0.3) is 0 Å². The average Bonchev–Trinajstić information content (AvgIpc) is 2.36. The lowest BCUT2D eigenvalue weighted by Crippen LogP contribution is -2.43. The summed E-state index contributed by atoms with van der Waals surface area (Å²) < 4.78 is 4.87. The SMILES string of the molecule is CCC(C)NC(=O)CCNC(=NCCOC)NN. The molecule has 0 saturated heterocycles. The maximum absolute atomic E-state index is 11.5. The van der Waals surface area contributed by atoms with Crippen molar-refractivity contribution in [2.75, 3.05) is 26.8 Å². The molecule has 0 aromatic carbocycles. The highest BCUT2D eigenvalue weighted by Gasteiger charge is 2.05. The van der Waals surface area contributed by atoms with Gasteiger partial charge in [0.1, 0.15) is 0 Å². The van der Waals surface area contributed by atoms with Crippen molar-refractivity contribution in [2.45, 2.75) is 32.7 Å². The lowest BCUT2D eigenvalue weighted by atomic mass is 10.2. The molecule has 0 aliphatic carbocycles. The zero-order valence-corrected chi connectivity index (χ0v) is 11.5. The van der Waals surface area contributed by atoms with Gasteiger partial charge in [0, 0.05) is 26.1 Å². The molecule has 0 radical (unpaired) electrons. The van der Waals surface area contributed by atoms with Crippen molar-refractivity contribution in [1.82, 2.24) is 16.1 Å². The van der Waals surface area contributed by atoms with E-state index in [4.69, 9.17) is 10.6 Å². The van der Waals surface area contributed by atoms with Gasteiger partial charge in [0.15, 0.2) is 0 Å². The second-order valence-corrected chi connectivity index (χ2v) is 3.92. The van der Waals surface area contributed by atoms with Gasteiger partial charge in [-0.2, -0.15) is 0 Å². The summed E-state index contributed by atoms with van der Waals surface area (Å²) >= 11 is 0. The van der Waals surface area contributed by atoms with Gasteiger partial charge in [0.25, 0.3) is 0 Å². The predicted molar refractivity (Wildman–Crippen MR) is 72.0 cm³/mol. The minimum Gasteiger partial charge on any atom is -0.383 e. The molecule has 1 amide bonds. The van der Waals surface area contributed by atoms with Crippen LogP contribution in [0.5, 0.6) is 0 Å². The third-order valence-corrected chi connectivity index (χ3v) is 2.37. The van der Waals surface area contributed by atoms with E-state index in [1.54, 1.807) is 7.11 Å². The van der Waals surface area contributed by atoms with Gasteiger partial charge in [-0.3, -0.25) is 10.2 Å². The van der Waals surface area contributed by atoms with Gasteiger partial charge in [0.05, 0.1) is 13.2 Å². The summed E-state index contributed by atoms with van der Waals surface area (Å²) in [6, 6.07) is 0.208. The molecule has 0 aromatic heterocycles. The first-order valence-electron chi connectivity index (χ1n) is 6.17. The third-order valence-electron chi connectivity index (χ3n) is 2.37. The summed E-state index contributed by atoms with van der Waals surface area (Å²) in [6.07, 6.45) is 1.31. The van der Waals surface area contributed by atoms with Crippen LogP contribution >= 0.6 is 0 Å². The number of aliphatic imine (C=N–C) groups is 1. The van der Waals surface area contributed by atoms with Gasteiger partial charge in [-0.15, -0.1) is 0 Å². The number of carbonyl (C=O) groups is 1. The number of hydrogen-bond acceptors (Lipinski definition) is 4. The number of nitrogens with two attached hydrogens (primary N) is 1. The van der Waals surface area contributed by atoms with Crippen LogP contribution in [0.1, 0.15) is 26.7 Å². The summed E-state index contributed by atoms with van der Waals surface area (Å²) in [6.45, 7) is 5.54. The van der Waals surface area contributed by atoms with Crippen LogP contribution < -0.4 is 21.9 Å². The Bertz CT molecular complexity index is 258. The molecule has 5 N–H and O–H groups in total. The molecule has 18 heavy (non-hydrogen) atoms. The number of methoxy groups -OCH3 is 1. The first kappa shape index (κ1) is 16.7. The molecule has 0 aliphatic rings. The Morgan fingerprint density at radius 1 is 1.50 bits per heavy atom. The monoisotopic (exact) mass is 259 g/mol. The molecule has 0 bridgehead atoms. The van der Waals surface area contributed by atoms with Crippen molar-refractivity contribution in [2.24, 2.45) is 10.8 Å². The molecular weight excluding hydrogens is 234 g/mol. The zero-order chi connectivity index (χ0) is 13.8. The normalized spacial score (nSPS) is 13.0. The Balaban J connectivity index is 3.79. The lowest BCUT2D eigenvalue weighted by molar-refractivity contribution is -0.121. The van der Waals surface area contributed by atoms with Crippen molar-refractivity contribution < 1.29 is 9.53 Å². The fraction of sp³-hybridized carbons (Fsp3) is 0.818. The molecule has 0 saturated carbocycles. The predicted octanol–water partition coefficient (Wildman–Crippen LogP) is -0.653. The molecule has 0 aromatic rings. The molecule has 1 unspecified atom stereocenters. The quantitative estimate of drug-likeness (QED) is 0.152. The Kier molecular flexibility index (Phi) is 9.99. The van der Waals surface area contributed by atoms with Crippen molar-refractivity contribution in [3.63, 3.8) is 0 Å². The van der Waals surface area contributed by atoms with E-state index in [0.717, 1.165) is 6.42 Å². The number of amides is 1. The fourth-order valence-corrected chi connectivity index (χ4v) is 1.14.